The maximum absolute atomic E-state index is 13.0. The molecule has 0 aliphatic carbocycles. The zero-order chi connectivity index (χ0) is 13.4. The molecule has 6 heteroatoms. The van der Waals surface area contributed by atoms with Gasteiger partial charge in [-0.2, -0.15) is 5.10 Å². The Morgan fingerprint density at radius 2 is 1.95 bits per heavy atom. The molecule has 0 atom stereocenters. The minimum Gasteiger partial charge on any atom is -0.382 e. The summed E-state index contributed by atoms with van der Waals surface area (Å²) in [6.45, 7) is 0. The van der Waals surface area contributed by atoms with Crippen molar-refractivity contribution in [3.63, 3.8) is 0 Å². The minimum atomic E-state index is -0.290. The highest BCUT2D eigenvalue weighted by atomic mass is 35.5. The summed E-state index contributed by atoms with van der Waals surface area (Å²) in [4.78, 5) is 0.866. The molecule has 3 nitrogen and oxygen atoms in total. The van der Waals surface area contributed by atoms with Crippen molar-refractivity contribution in [2.24, 2.45) is 0 Å². The van der Waals surface area contributed by atoms with E-state index in [-0.39, 0.29) is 5.82 Å². The Bertz CT molecular complexity index is 718. The van der Waals surface area contributed by atoms with Crippen LogP contribution in [0.15, 0.2) is 35.7 Å². The molecule has 3 N–H and O–H groups in total. The lowest BCUT2D eigenvalue weighted by Crippen LogP contribution is -1.88. The molecule has 96 valence electrons. The molecule has 0 spiro atoms. The maximum atomic E-state index is 13.0. The second-order valence-corrected chi connectivity index (χ2v) is 5.29. The number of rotatable bonds is 2. The summed E-state index contributed by atoms with van der Waals surface area (Å²) < 4.78 is 13.0. The first kappa shape index (κ1) is 12.2. The molecular weight excluding hydrogens is 285 g/mol. The molecule has 0 aliphatic rings. The predicted molar refractivity (Wildman–Crippen MR) is 76.7 cm³/mol. The molecule has 1 aromatic carbocycles. The standard InChI is InChI=1S/C13H9ClFN3S/c14-9-5-6-19-12(9)11-10(13(16)18-17-11)7-1-3-8(15)4-2-7/h1-6H,(H3,16,17,18). The van der Waals surface area contributed by atoms with E-state index in [0.29, 0.717) is 10.8 Å². The monoisotopic (exact) mass is 293 g/mol. The van der Waals surface area contributed by atoms with E-state index < -0.39 is 0 Å². The third-order valence-electron chi connectivity index (χ3n) is 2.77. The van der Waals surface area contributed by atoms with Gasteiger partial charge in [0.05, 0.1) is 21.2 Å². The van der Waals surface area contributed by atoms with Crippen LogP contribution in [0.4, 0.5) is 10.2 Å². The van der Waals surface area contributed by atoms with Crippen LogP contribution in [0.5, 0.6) is 0 Å². The van der Waals surface area contributed by atoms with E-state index in [2.05, 4.69) is 10.2 Å². The zero-order valence-electron chi connectivity index (χ0n) is 9.65. The Morgan fingerprint density at radius 3 is 2.58 bits per heavy atom. The third-order valence-corrected chi connectivity index (χ3v) is 4.13. The van der Waals surface area contributed by atoms with Crippen LogP contribution >= 0.6 is 22.9 Å². The third kappa shape index (κ3) is 2.11. The van der Waals surface area contributed by atoms with E-state index in [0.717, 1.165) is 21.7 Å². The van der Waals surface area contributed by atoms with Crippen LogP contribution in [0.25, 0.3) is 21.7 Å². The van der Waals surface area contributed by atoms with Crippen molar-refractivity contribution in [2.45, 2.75) is 0 Å². The van der Waals surface area contributed by atoms with Crippen LogP contribution in [0, 0.1) is 5.82 Å². The molecule has 0 aliphatic heterocycles. The number of halogens is 2. The summed E-state index contributed by atoms with van der Waals surface area (Å²) >= 11 is 7.63. The van der Waals surface area contributed by atoms with Crippen molar-refractivity contribution >= 4 is 28.8 Å². The molecule has 0 bridgehead atoms. The number of nitrogens with one attached hydrogen (secondary N) is 1. The first-order valence-corrected chi connectivity index (χ1v) is 6.75. The Balaban J connectivity index is 2.19. The van der Waals surface area contributed by atoms with Gasteiger partial charge in [0.2, 0.25) is 0 Å². The van der Waals surface area contributed by atoms with Crippen LogP contribution in [0.2, 0.25) is 5.02 Å². The van der Waals surface area contributed by atoms with Gasteiger partial charge in [-0.05, 0) is 29.1 Å². The van der Waals surface area contributed by atoms with Gasteiger partial charge in [-0.1, -0.05) is 23.7 Å². The number of aromatic nitrogens is 2. The molecule has 0 amide bonds. The highest BCUT2D eigenvalue weighted by Crippen LogP contribution is 2.40. The predicted octanol–water partition coefficient (Wildman–Crippen LogP) is 4.18. The van der Waals surface area contributed by atoms with Crippen molar-refractivity contribution in [1.82, 2.24) is 10.2 Å². The molecule has 0 saturated heterocycles. The van der Waals surface area contributed by atoms with E-state index in [4.69, 9.17) is 17.3 Å². The van der Waals surface area contributed by atoms with E-state index in [1.165, 1.54) is 23.5 Å². The van der Waals surface area contributed by atoms with Gasteiger partial charge < -0.3 is 5.73 Å². The normalized spacial score (nSPS) is 10.8. The largest absolute Gasteiger partial charge is 0.382 e. The summed E-state index contributed by atoms with van der Waals surface area (Å²) in [7, 11) is 0. The number of hydrogen-bond acceptors (Lipinski definition) is 3. The molecular formula is C13H9ClFN3S. The lowest BCUT2D eigenvalue weighted by Gasteiger charge is -2.03. The number of benzene rings is 1. The molecule has 0 saturated carbocycles. The number of aromatic amines is 1. The second-order valence-electron chi connectivity index (χ2n) is 3.96. The van der Waals surface area contributed by atoms with Crippen molar-refractivity contribution in [3.8, 4) is 21.7 Å². The van der Waals surface area contributed by atoms with Gasteiger partial charge in [0.25, 0.3) is 0 Å². The summed E-state index contributed by atoms with van der Waals surface area (Å²) in [5, 5.41) is 9.44. The number of thiophene rings is 1. The summed E-state index contributed by atoms with van der Waals surface area (Å²) in [6, 6.07) is 7.93. The van der Waals surface area contributed by atoms with Gasteiger partial charge in [0.1, 0.15) is 5.82 Å². The van der Waals surface area contributed by atoms with Gasteiger partial charge in [0.15, 0.2) is 5.82 Å². The number of H-pyrrole nitrogens is 1. The van der Waals surface area contributed by atoms with Gasteiger partial charge in [-0.3, -0.25) is 5.10 Å². The van der Waals surface area contributed by atoms with Crippen LogP contribution in [0.3, 0.4) is 0 Å². The van der Waals surface area contributed by atoms with Crippen LogP contribution in [0.1, 0.15) is 0 Å². The van der Waals surface area contributed by atoms with E-state index in [1.54, 1.807) is 12.1 Å². The molecule has 2 heterocycles. The number of nitrogens with two attached hydrogens (primary N) is 1. The SMILES string of the molecule is Nc1n[nH]c(-c2sccc2Cl)c1-c1ccc(F)cc1. The lowest BCUT2D eigenvalue weighted by atomic mass is 10.0. The molecule has 0 fully saturated rings. The molecule has 19 heavy (non-hydrogen) atoms. The van der Waals surface area contributed by atoms with Gasteiger partial charge in [-0.15, -0.1) is 11.3 Å². The first-order chi connectivity index (χ1) is 9.16. The average Bonchev–Trinajstić information content (AvgIpc) is 2.97. The lowest BCUT2D eigenvalue weighted by molar-refractivity contribution is 0.628. The summed E-state index contributed by atoms with van der Waals surface area (Å²) in [5.41, 5.74) is 8.19. The second kappa shape index (κ2) is 4.68. The van der Waals surface area contributed by atoms with Gasteiger partial charge in [0, 0.05) is 0 Å². The number of anilines is 1. The van der Waals surface area contributed by atoms with Crippen molar-refractivity contribution in [2.75, 3.05) is 5.73 Å². The number of hydrogen-bond donors (Lipinski definition) is 2. The van der Waals surface area contributed by atoms with Crippen molar-refractivity contribution in [3.05, 3.63) is 46.6 Å². The quantitative estimate of drug-likeness (QED) is 0.744. The van der Waals surface area contributed by atoms with Gasteiger partial charge in [-0.25, -0.2) is 4.39 Å². The van der Waals surface area contributed by atoms with Crippen LogP contribution < -0.4 is 5.73 Å². The topological polar surface area (TPSA) is 54.7 Å². The Morgan fingerprint density at radius 1 is 1.21 bits per heavy atom. The molecule has 0 radical (unpaired) electrons. The highest BCUT2D eigenvalue weighted by Gasteiger charge is 2.17. The Hall–Kier alpha value is -1.85. The van der Waals surface area contributed by atoms with Gasteiger partial charge >= 0.3 is 0 Å². The van der Waals surface area contributed by atoms with E-state index >= 15 is 0 Å². The fourth-order valence-electron chi connectivity index (χ4n) is 1.90. The van der Waals surface area contributed by atoms with E-state index in [9.17, 15) is 4.39 Å². The fourth-order valence-corrected chi connectivity index (χ4v) is 3.05. The zero-order valence-corrected chi connectivity index (χ0v) is 11.2. The number of nitrogens with zero attached hydrogens (tertiary/aromatic N) is 1. The molecule has 2 aromatic heterocycles. The average molecular weight is 294 g/mol. The highest BCUT2D eigenvalue weighted by molar-refractivity contribution is 7.14. The Kier molecular flexibility index (Phi) is 3.00. The molecule has 0 unspecified atom stereocenters. The molecule has 3 rings (SSSR count). The van der Waals surface area contributed by atoms with Crippen LogP contribution in [-0.4, -0.2) is 10.2 Å². The maximum Gasteiger partial charge on any atom is 0.153 e. The van der Waals surface area contributed by atoms with E-state index in [1.807, 2.05) is 11.4 Å². The smallest absolute Gasteiger partial charge is 0.153 e. The fraction of sp³-hybridized carbons (Fsp3) is 0. The summed E-state index contributed by atoms with van der Waals surface area (Å²) in [5.74, 6) is 0.0765. The summed E-state index contributed by atoms with van der Waals surface area (Å²) in [6.07, 6.45) is 0. The van der Waals surface area contributed by atoms with Crippen molar-refractivity contribution < 1.29 is 4.39 Å². The Labute approximate surface area is 117 Å². The van der Waals surface area contributed by atoms with Crippen LogP contribution in [-0.2, 0) is 0 Å². The van der Waals surface area contributed by atoms with Crippen molar-refractivity contribution in [1.29, 1.82) is 0 Å². The minimum absolute atomic E-state index is 0.290. The number of nitrogen functional groups attached to an aromatic ring is 1. The molecule has 3 aromatic rings. The first-order valence-electron chi connectivity index (χ1n) is 5.50.